The van der Waals surface area contributed by atoms with E-state index in [2.05, 4.69) is 10.2 Å². The Hall–Kier alpha value is -3.04. The van der Waals surface area contributed by atoms with Gasteiger partial charge in [0.25, 0.3) is 0 Å². The molecule has 0 saturated carbocycles. The third-order valence-electron chi connectivity index (χ3n) is 5.40. The summed E-state index contributed by atoms with van der Waals surface area (Å²) in [5, 5.41) is 13.8. The Kier molecular flexibility index (Phi) is 5.88. The molecule has 0 spiro atoms. The minimum atomic E-state index is -0.488. The first-order valence-corrected chi connectivity index (χ1v) is 11.2. The molecule has 1 aromatic carbocycles. The lowest BCUT2D eigenvalue weighted by molar-refractivity contribution is -0.133. The van der Waals surface area contributed by atoms with Crippen molar-refractivity contribution >= 4 is 29.5 Å². The zero-order chi connectivity index (χ0) is 22.1. The monoisotopic (exact) mass is 452 g/mol. The molecule has 4 aromatic rings. The highest BCUT2D eigenvalue weighted by Crippen LogP contribution is 2.27. The summed E-state index contributed by atoms with van der Waals surface area (Å²) >= 11 is 6.99. The van der Waals surface area contributed by atoms with Gasteiger partial charge in [0.05, 0.1) is 16.3 Å². The average Bonchev–Trinajstić information content (AvgIpc) is 3.49. The second-order valence-corrected chi connectivity index (χ2v) is 8.80. The van der Waals surface area contributed by atoms with Crippen LogP contribution < -0.4 is 0 Å². The summed E-state index contributed by atoms with van der Waals surface area (Å²) in [6.45, 7) is 6.33. The minimum absolute atomic E-state index is 0.0402. The number of para-hydroxylation sites is 1. The molecule has 1 unspecified atom stereocenters. The van der Waals surface area contributed by atoms with E-state index >= 15 is 0 Å². The highest BCUT2D eigenvalue weighted by atomic mass is 32.1. The van der Waals surface area contributed by atoms with E-state index in [0.717, 1.165) is 27.5 Å². The van der Waals surface area contributed by atoms with Crippen LogP contribution in [0.3, 0.4) is 0 Å². The molecule has 1 amide bonds. The van der Waals surface area contributed by atoms with E-state index < -0.39 is 6.04 Å². The summed E-state index contributed by atoms with van der Waals surface area (Å²) in [4.78, 5) is 16.0. The highest BCUT2D eigenvalue weighted by molar-refractivity contribution is 7.71. The number of carbonyl (C=O) groups is 1. The van der Waals surface area contributed by atoms with Crippen LogP contribution in [0.5, 0.6) is 0 Å². The first kappa shape index (κ1) is 21.2. The molecule has 160 valence electrons. The number of hydrogen-bond donors (Lipinski definition) is 1. The van der Waals surface area contributed by atoms with Crippen LogP contribution >= 0.6 is 23.6 Å². The van der Waals surface area contributed by atoms with Gasteiger partial charge in [0.1, 0.15) is 6.04 Å². The van der Waals surface area contributed by atoms with Gasteiger partial charge in [-0.3, -0.25) is 14.5 Å². The molecule has 0 aliphatic rings. The van der Waals surface area contributed by atoms with E-state index in [0.29, 0.717) is 17.1 Å². The molecule has 0 saturated heterocycles. The smallest absolute Gasteiger partial charge is 0.245 e. The molecule has 3 aromatic heterocycles. The number of aromatic amines is 1. The summed E-state index contributed by atoms with van der Waals surface area (Å²) < 4.78 is 4.14. The molecule has 4 rings (SSSR count). The van der Waals surface area contributed by atoms with Gasteiger partial charge in [0.15, 0.2) is 10.6 Å². The number of likely N-dealkylation sites (N-methyl/N-ethyl adjacent to an activating group) is 1. The zero-order valence-corrected chi connectivity index (χ0v) is 19.5. The van der Waals surface area contributed by atoms with Crippen LogP contribution in [0.1, 0.15) is 29.9 Å². The van der Waals surface area contributed by atoms with Crippen molar-refractivity contribution in [3.8, 4) is 16.4 Å². The molecular formula is C22H24N6OS2. The Morgan fingerprint density at radius 3 is 2.65 bits per heavy atom. The summed E-state index contributed by atoms with van der Waals surface area (Å²) in [5.74, 6) is 0.639. The lowest BCUT2D eigenvalue weighted by Gasteiger charge is -2.23. The third kappa shape index (κ3) is 3.98. The number of nitrogens with zero attached hydrogens (tertiary/aromatic N) is 5. The Morgan fingerprint density at radius 1 is 1.23 bits per heavy atom. The summed E-state index contributed by atoms with van der Waals surface area (Å²) in [6.07, 6.45) is 0. The maximum atomic E-state index is 13.3. The standard InChI is InChI=1S/C22H24N6OS2/c1-14-18(15(2)28(25-14)17-9-6-5-7-10-17)13-26(4)21(29)16(3)27-20(23-24-22(27)30)19-11-8-12-31-19/h5-12,16H,13H2,1-4H3,(H,24,30). The molecule has 0 fully saturated rings. The quantitative estimate of drug-likeness (QED) is 0.431. The fourth-order valence-electron chi connectivity index (χ4n) is 3.71. The number of nitrogens with one attached hydrogen (secondary N) is 1. The number of carbonyl (C=O) groups excluding carboxylic acids is 1. The molecule has 0 aliphatic carbocycles. The lowest BCUT2D eigenvalue weighted by atomic mass is 10.1. The predicted molar refractivity (Wildman–Crippen MR) is 125 cm³/mol. The Labute approximate surface area is 190 Å². The molecule has 9 heteroatoms. The fraction of sp³-hybridized carbons (Fsp3) is 0.273. The number of H-pyrrole nitrogens is 1. The predicted octanol–water partition coefficient (Wildman–Crippen LogP) is 4.69. The fourth-order valence-corrected chi connectivity index (χ4v) is 4.71. The Balaban J connectivity index is 1.59. The van der Waals surface area contributed by atoms with Gasteiger partial charge < -0.3 is 4.90 Å². The van der Waals surface area contributed by atoms with Crippen LogP contribution in [-0.2, 0) is 11.3 Å². The maximum absolute atomic E-state index is 13.3. The van der Waals surface area contributed by atoms with Gasteiger partial charge in [-0.25, -0.2) is 4.68 Å². The van der Waals surface area contributed by atoms with Crippen molar-refractivity contribution in [2.75, 3.05) is 7.05 Å². The van der Waals surface area contributed by atoms with E-state index in [1.807, 2.05) is 80.3 Å². The second-order valence-electron chi connectivity index (χ2n) is 7.47. The molecule has 0 aliphatic heterocycles. The van der Waals surface area contributed by atoms with Gasteiger partial charge in [-0.05, 0) is 56.6 Å². The largest absolute Gasteiger partial charge is 0.339 e. The lowest BCUT2D eigenvalue weighted by Crippen LogP contribution is -2.33. The van der Waals surface area contributed by atoms with Crippen LogP contribution in [-0.4, -0.2) is 42.4 Å². The molecule has 1 atom stereocenters. The number of aryl methyl sites for hydroxylation is 1. The first-order valence-electron chi connectivity index (χ1n) is 9.94. The van der Waals surface area contributed by atoms with Crippen molar-refractivity contribution < 1.29 is 4.79 Å². The molecule has 0 bridgehead atoms. The van der Waals surface area contributed by atoms with Gasteiger partial charge in [-0.15, -0.1) is 11.3 Å². The molecule has 31 heavy (non-hydrogen) atoms. The van der Waals surface area contributed by atoms with E-state index in [1.54, 1.807) is 20.8 Å². The number of aromatic nitrogens is 5. The van der Waals surface area contributed by atoms with Gasteiger partial charge in [0.2, 0.25) is 5.91 Å². The molecule has 3 heterocycles. The summed E-state index contributed by atoms with van der Waals surface area (Å²) in [6, 6.07) is 13.4. The summed E-state index contributed by atoms with van der Waals surface area (Å²) in [7, 11) is 1.81. The average molecular weight is 453 g/mol. The zero-order valence-electron chi connectivity index (χ0n) is 17.9. The summed E-state index contributed by atoms with van der Waals surface area (Å²) in [5.41, 5.74) is 3.98. The second kappa shape index (κ2) is 8.60. The van der Waals surface area contributed by atoms with E-state index in [9.17, 15) is 4.79 Å². The third-order valence-corrected chi connectivity index (χ3v) is 6.56. The number of thiophene rings is 1. The van der Waals surface area contributed by atoms with Crippen molar-refractivity contribution in [3.63, 3.8) is 0 Å². The van der Waals surface area contributed by atoms with Crippen LogP contribution in [0.15, 0.2) is 47.8 Å². The Morgan fingerprint density at radius 2 is 1.97 bits per heavy atom. The molecular weight excluding hydrogens is 428 g/mol. The van der Waals surface area contributed by atoms with E-state index in [-0.39, 0.29) is 5.91 Å². The van der Waals surface area contributed by atoms with Crippen LogP contribution in [0.4, 0.5) is 0 Å². The molecule has 7 nitrogen and oxygen atoms in total. The van der Waals surface area contributed by atoms with Crippen molar-refractivity contribution in [2.45, 2.75) is 33.4 Å². The normalized spacial score (nSPS) is 12.1. The van der Waals surface area contributed by atoms with Crippen LogP contribution in [0, 0.1) is 18.6 Å². The maximum Gasteiger partial charge on any atom is 0.245 e. The van der Waals surface area contributed by atoms with Crippen molar-refractivity contribution in [3.05, 3.63) is 69.6 Å². The van der Waals surface area contributed by atoms with Crippen molar-refractivity contribution in [1.82, 2.24) is 29.4 Å². The van der Waals surface area contributed by atoms with Crippen LogP contribution in [0.2, 0.25) is 0 Å². The van der Waals surface area contributed by atoms with Crippen LogP contribution in [0.25, 0.3) is 16.4 Å². The van der Waals surface area contributed by atoms with E-state index in [1.165, 1.54) is 0 Å². The van der Waals surface area contributed by atoms with Gasteiger partial charge in [-0.2, -0.15) is 10.2 Å². The van der Waals surface area contributed by atoms with Crippen molar-refractivity contribution in [1.29, 1.82) is 0 Å². The van der Waals surface area contributed by atoms with Gasteiger partial charge in [-0.1, -0.05) is 24.3 Å². The number of hydrogen-bond acceptors (Lipinski definition) is 5. The number of benzene rings is 1. The topological polar surface area (TPSA) is 71.7 Å². The molecule has 0 radical (unpaired) electrons. The number of amides is 1. The molecule has 1 N–H and O–H groups in total. The number of rotatable bonds is 6. The first-order chi connectivity index (χ1) is 14.9. The van der Waals surface area contributed by atoms with Gasteiger partial charge in [0, 0.05) is 24.8 Å². The van der Waals surface area contributed by atoms with Gasteiger partial charge >= 0.3 is 0 Å². The highest BCUT2D eigenvalue weighted by Gasteiger charge is 2.25. The van der Waals surface area contributed by atoms with Crippen molar-refractivity contribution in [2.24, 2.45) is 0 Å². The minimum Gasteiger partial charge on any atom is -0.339 e. The SMILES string of the molecule is Cc1nn(-c2ccccc2)c(C)c1CN(C)C(=O)C(C)n1c(-c2cccs2)n[nH]c1=S. The Bertz CT molecular complexity index is 1250. The van der Waals surface area contributed by atoms with E-state index in [4.69, 9.17) is 17.3 Å².